The Balaban J connectivity index is 2.69. The van der Waals surface area contributed by atoms with Crippen LogP contribution in [0, 0.1) is 23.2 Å². The van der Waals surface area contributed by atoms with Crippen molar-refractivity contribution in [2.75, 3.05) is 5.75 Å². The van der Waals surface area contributed by atoms with Crippen LogP contribution in [0.4, 0.5) is 0 Å². The molecule has 0 unspecified atom stereocenters. The van der Waals surface area contributed by atoms with Crippen molar-refractivity contribution in [3.63, 3.8) is 0 Å². The maximum Gasteiger partial charge on any atom is 0.236 e. The van der Waals surface area contributed by atoms with Crippen LogP contribution in [0.2, 0.25) is 0 Å². The molecule has 0 aromatic carbocycles. The molecule has 5 heteroatoms. The van der Waals surface area contributed by atoms with Crippen molar-refractivity contribution >= 4 is 11.8 Å². The predicted octanol–water partition coefficient (Wildman–Crippen LogP) is 3.22. The quantitative estimate of drug-likeness (QED) is 0.728. The summed E-state index contributed by atoms with van der Waals surface area (Å²) < 4.78 is 5.20. The van der Waals surface area contributed by atoms with Gasteiger partial charge in [-0.15, -0.1) is 11.8 Å². The fourth-order valence-corrected chi connectivity index (χ4v) is 2.50. The summed E-state index contributed by atoms with van der Waals surface area (Å²) in [5, 5.41) is 12.5. The van der Waals surface area contributed by atoms with Crippen LogP contribution < -0.4 is 0 Å². The van der Waals surface area contributed by atoms with Gasteiger partial charge in [0.15, 0.2) is 5.82 Å². The van der Waals surface area contributed by atoms with E-state index in [0.717, 1.165) is 5.82 Å². The molecular formula is C12H19N3OS. The standard InChI is InChI=1S/C12H19N3OS/c1-8(2)11(9(3)4)12-14-10(16-15-12)7-17-6-5-13/h8-9,11H,6-7H2,1-4H3. The second-order valence-electron chi connectivity index (χ2n) is 4.71. The maximum absolute atomic E-state index is 8.45. The molecular weight excluding hydrogens is 234 g/mol. The van der Waals surface area contributed by atoms with Crippen molar-refractivity contribution in [3.8, 4) is 6.07 Å². The minimum Gasteiger partial charge on any atom is -0.338 e. The van der Waals surface area contributed by atoms with Gasteiger partial charge in [-0.3, -0.25) is 0 Å². The third kappa shape index (κ3) is 4.04. The second kappa shape index (κ2) is 6.65. The molecule has 0 aliphatic heterocycles. The number of nitriles is 1. The van der Waals surface area contributed by atoms with E-state index < -0.39 is 0 Å². The molecule has 1 aromatic rings. The van der Waals surface area contributed by atoms with Gasteiger partial charge in [-0.1, -0.05) is 32.9 Å². The Kier molecular flexibility index (Phi) is 5.49. The summed E-state index contributed by atoms with van der Waals surface area (Å²) in [4.78, 5) is 4.42. The zero-order chi connectivity index (χ0) is 12.8. The highest BCUT2D eigenvalue weighted by atomic mass is 32.2. The molecule has 0 bridgehead atoms. The topological polar surface area (TPSA) is 62.7 Å². The molecule has 0 radical (unpaired) electrons. The normalized spacial score (nSPS) is 11.4. The third-order valence-electron chi connectivity index (χ3n) is 2.61. The van der Waals surface area contributed by atoms with Crippen LogP contribution in [-0.4, -0.2) is 15.9 Å². The van der Waals surface area contributed by atoms with Gasteiger partial charge in [0.1, 0.15) is 0 Å². The Hall–Kier alpha value is -1.02. The van der Waals surface area contributed by atoms with Gasteiger partial charge in [0.25, 0.3) is 0 Å². The molecule has 0 aliphatic carbocycles. The van der Waals surface area contributed by atoms with E-state index in [0.29, 0.717) is 35.2 Å². The van der Waals surface area contributed by atoms with Crippen LogP contribution in [0.5, 0.6) is 0 Å². The van der Waals surface area contributed by atoms with E-state index in [-0.39, 0.29) is 0 Å². The predicted molar refractivity (Wildman–Crippen MR) is 68.5 cm³/mol. The second-order valence-corrected chi connectivity index (χ2v) is 5.70. The molecule has 4 nitrogen and oxygen atoms in total. The summed E-state index contributed by atoms with van der Waals surface area (Å²) >= 11 is 1.49. The summed E-state index contributed by atoms with van der Waals surface area (Å²) in [6, 6.07) is 2.08. The number of thioether (sulfide) groups is 1. The molecule has 1 rings (SSSR count). The zero-order valence-electron chi connectivity index (χ0n) is 10.8. The fraction of sp³-hybridized carbons (Fsp3) is 0.750. The van der Waals surface area contributed by atoms with Crippen molar-refractivity contribution in [1.82, 2.24) is 10.1 Å². The van der Waals surface area contributed by atoms with E-state index >= 15 is 0 Å². The summed E-state index contributed by atoms with van der Waals surface area (Å²) in [6.07, 6.45) is 0. The van der Waals surface area contributed by atoms with Gasteiger partial charge in [0.05, 0.1) is 17.6 Å². The Morgan fingerprint density at radius 1 is 1.29 bits per heavy atom. The van der Waals surface area contributed by atoms with Gasteiger partial charge < -0.3 is 4.52 Å². The Morgan fingerprint density at radius 3 is 2.47 bits per heavy atom. The van der Waals surface area contributed by atoms with Crippen molar-refractivity contribution in [2.45, 2.75) is 39.4 Å². The lowest BCUT2D eigenvalue weighted by atomic mass is 9.85. The highest BCUT2D eigenvalue weighted by Crippen LogP contribution is 2.29. The Morgan fingerprint density at radius 2 is 1.94 bits per heavy atom. The smallest absolute Gasteiger partial charge is 0.236 e. The van der Waals surface area contributed by atoms with Crippen LogP contribution in [0.15, 0.2) is 4.52 Å². The van der Waals surface area contributed by atoms with E-state index in [1.807, 2.05) is 0 Å². The molecule has 0 aliphatic rings. The van der Waals surface area contributed by atoms with E-state index in [1.54, 1.807) is 0 Å². The van der Waals surface area contributed by atoms with Crippen molar-refractivity contribution < 1.29 is 4.52 Å². The molecule has 0 saturated carbocycles. The number of rotatable bonds is 6. The van der Waals surface area contributed by atoms with E-state index in [2.05, 4.69) is 43.9 Å². The van der Waals surface area contributed by atoms with Crippen LogP contribution in [0.3, 0.4) is 0 Å². The highest BCUT2D eigenvalue weighted by molar-refractivity contribution is 7.98. The molecule has 0 amide bonds. The molecule has 17 heavy (non-hydrogen) atoms. The minimum atomic E-state index is 0.327. The summed E-state index contributed by atoms with van der Waals surface area (Å²) in [5.41, 5.74) is 0. The summed E-state index contributed by atoms with van der Waals surface area (Å²) in [7, 11) is 0. The number of aromatic nitrogens is 2. The van der Waals surface area contributed by atoms with Crippen molar-refractivity contribution in [1.29, 1.82) is 5.26 Å². The molecule has 0 atom stereocenters. The first-order chi connectivity index (χ1) is 8.06. The molecule has 0 N–H and O–H groups in total. The SMILES string of the molecule is CC(C)C(c1noc(CSCC#N)n1)C(C)C. The first-order valence-corrected chi connectivity index (χ1v) is 6.99. The summed E-state index contributed by atoms with van der Waals surface area (Å²) in [5.74, 6) is 3.79. The average molecular weight is 253 g/mol. The lowest BCUT2D eigenvalue weighted by Crippen LogP contribution is -2.15. The monoisotopic (exact) mass is 253 g/mol. The maximum atomic E-state index is 8.45. The molecule has 0 saturated heterocycles. The molecule has 0 fully saturated rings. The minimum absolute atomic E-state index is 0.327. The average Bonchev–Trinajstić information content (AvgIpc) is 2.65. The molecule has 1 heterocycles. The van der Waals surface area contributed by atoms with Gasteiger partial charge in [-0.2, -0.15) is 10.2 Å². The van der Waals surface area contributed by atoms with Gasteiger partial charge in [-0.25, -0.2) is 0 Å². The van der Waals surface area contributed by atoms with Gasteiger partial charge in [0, 0.05) is 5.92 Å². The van der Waals surface area contributed by atoms with E-state index in [4.69, 9.17) is 9.78 Å². The van der Waals surface area contributed by atoms with Crippen LogP contribution in [-0.2, 0) is 5.75 Å². The highest BCUT2D eigenvalue weighted by Gasteiger charge is 2.24. The first-order valence-electron chi connectivity index (χ1n) is 5.83. The Bertz CT molecular complexity index is 373. The van der Waals surface area contributed by atoms with Crippen molar-refractivity contribution in [3.05, 3.63) is 11.7 Å². The van der Waals surface area contributed by atoms with Crippen LogP contribution >= 0.6 is 11.8 Å². The van der Waals surface area contributed by atoms with E-state index in [1.165, 1.54) is 11.8 Å². The molecule has 1 aromatic heterocycles. The van der Waals surface area contributed by atoms with E-state index in [9.17, 15) is 0 Å². The lowest BCUT2D eigenvalue weighted by molar-refractivity contribution is 0.338. The van der Waals surface area contributed by atoms with Crippen molar-refractivity contribution in [2.24, 2.45) is 11.8 Å². The number of nitrogens with zero attached hydrogens (tertiary/aromatic N) is 3. The lowest BCUT2D eigenvalue weighted by Gasteiger charge is -2.20. The van der Waals surface area contributed by atoms with Gasteiger partial charge in [-0.05, 0) is 11.8 Å². The van der Waals surface area contributed by atoms with Gasteiger partial charge in [0.2, 0.25) is 5.89 Å². The first kappa shape index (κ1) is 14.0. The molecule has 0 spiro atoms. The molecule has 94 valence electrons. The number of hydrogen-bond donors (Lipinski definition) is 0. The van der Waals surface area contributed by atoms with Gasteiger partial charge >= 0.3 is 0 Å². The van der Waals surface area contributed by atoms with Crippen LogP contribution in [0.25, 0.3) is 0 Å². The Labute approximate surface area is 107 Å². The summed E-state index contributed by atoms with van der Waals surface area (Å²) in [6.45, 7) is 8.69. The van der Waals surface area contributed by atoms with Crippen LogP contribution in [0.1, 0.15) is 45.3 Å². The largest absolute Gasteiger partial charge is 0.338 e. The zero-order valence-corrected chi connectivity index (χ0v) is 11.6. The number of hydrogen-bond acceptors (Lipinski definition) is 5. The fourth-order valence-electron chi connectivity index (χ4n) is 2.01. The third-order valence-corrected chi connectivity index (χ3v) is 3.39.